The number of hydrogen-bond donors (Lipinski definition) is 3. The van der Waals surface area contributed by atoms with Gasteiger partial charge in [0, 0.05) is 19.8 Å². The maximum Gasteiger partial charge on any atom is 0.238 e. The molecule has 1 aliphatic rings. The largest absolute Gasteiger partial charge is 0.373 e. The molecule has 2 aromatic carbocycles. The molecular formula is C22H28N4O2S. The molecule has 29 heavy (non-hydrogen) atoms. The monoisotopic (exact) mass is 412 g/mol. The van der Waals surface area contributed by atoms with E-state index in [1.54, 1.807) is 19.2 Å². The number of sulfonamides is 1. The minimum atomic E-state index is -3.68. The van der Waals surface area contributed by atoms with Crippen LogP contribution in [0.1, 0.15) is 36.8 Å². The van der Waals surface area contributed by atoms with Crippen LogP contribution in [0.4, 0.5) is 0 Å². The summed E-state index contributed by atoms with van der Waals surface area (Å²) in [5.74, 6) is 1.27. The zero-order valence-corrected chi connectivity index (χ0v) is 17.8. The van der Waals surface area contributed by atoms with Crippen LogP contribution in [0.25, 0.3) is 0 Å². The van der Waals surface area contributed by atoms with E-state index in [4.69, 9.17) is 10.5 Å². The third-order valence-electron chi connectivity index (χ3n) is 5.98. The molecule has 0 aromatic heterocycles. The van der Waals surface area contributed by atoms with Crippen LogP contribution < -0.4 is 10.5 Å². The summed E-state index contributed by atoms with van der Waals surface area (Å²) in [7, 11) is -1.94. The van der Waals surface area contributed by atoms with Crippen LogP contribution in [0, 0.1) is 16.7 Å². The number of primary sulfonamides is 1. The minimum Gasteiger partial charge on any atom is -0.373 e. The first-order chi connectivity index (χ1) is 13.7. The molecule has 0 saturated heterocycles. The average molecular weight is 413 g/mol. The van der Waals surface area contributed by atoms with Crippen molar-refractivity contribution in [2.24, 2.45) is 21.5 Å². The van der Waals surface area contributed by atoms with Crippen molar-refractivity contribution in [1.29, 1.82) is 5.41 Å². The Labute approximate surface area is 172 Å². The molecule has 0 radical (unpaired) electrons. The third kappa shape index (κ3) is 4.41. The number of rotatable bonds is 7. The molecule has 7 heteroatoms. The van der Waals surface area contributed by atoms with Crippen LogP contribution in [-0.4, -0.2) is 34.1 Å². The zero-order valence-electron chi connectivity index (χ0n) is 17.0. The molecule has 3 atom stereocenters. The van der Waals surface area contributed by atoms with Gasteiger partial charge in [-0.05, 0) is 40.5 Å². The van der Waals surface area contributed by atoms with Gasteiger partial charge in [0.05, 0.1) is 10.8 Å². The Kier molecular flexibility index (Phi) is 5.91. The molecule has 2 aromatic rings. The van der Waals surface area contributed by atoms with Gasteiger partial charge in [-0.1, -0.05) is 56.3 Å². The molecular weight excluding hydrogens is 384 g/mol. The molecule has 1 aliphatic carbocycles. The second kappa shape index (κ2) is 8.08. The number of hydrogen-bond acceptors (Lipinski definition) is 4. The van der Waals surface area contributed by atoms with Crippen LogP contribution >= 0.6 is 0 Å². The van der Waals surface area contributed by atoms with Crippen molar-refractivity contribution in [3.8, 4) is 0 Å². The third-order valence-corrected chi connectivity index (χ3v) is 6.91. The van der Waals surface area contributed by atoms with Crippen molar-refractivity contribution in [3.05, 3.63) is 65.7 Å². The SMILES string of the molecule is CN=C(NCC1C(c2ccc(S(N)(=O)=O)cc2)C1(C)C)C(C=N)c1ccccc1. The van der Waals surface area contributed by atoms with Crippen molar-refractivity contribution in [2.75, 3.05) is 13.6 Å². The van der Waals surface area contributed by atoms with Crippen LogP contribution in [0.3, 0.4) is 0 Å². The van der Waals surface area contributed by atoms with Gasteiger partial charge in [-0.15, -0.1) is 0 Å². The van der Waals surface area contributed by atoms with Gasteiger partial charge in [0.2, 0.25) is 10.0 Å². The highest BCUT2D eigenvalue weighted by atomic mass is 32.2. The van der Waals surface area contributed by atoms with Gasteiger partial charge in [-0.2, -0.15) is 0 Å². The van der Waals surface area contributed by atoms with E-state index in [1.807, 2.05) is 42.5 Å². The molecule has 1 saturated carbocycles. The normalized spacial score (nSPS) is 22.0. The van der Waals surface area contributed by atoms with E-state index < -0.39 is 10.0 Å². The predicted octanol–water partition coefficient (Wildman–Crippen LogP) is 3.12. The topological polar surface area (TPSA) is 108 Å². The van der Waals surface area contributed by atoms with Crippen LogP contribution in [-0.2, 0) is 10.0 Å². The van der Waals surface area contributed by atoms with E-state index in [1.165, 1.54) is 6.21 Å². The van der Waals surface area contributed by atoms with Gasteiger partial charge in [0.15, 0.2) is 0 Å². The number of nitrogens with zero attached hydrogens (tertiary/aromatic N) is 1. The van der Waals surface area contributed by atoms with Gasteiger partial charge in [0.25, 0.3) is 0 Å². The highest BCUT2D eigenvalue weighted by Gasteiger charge is 2.57. The first-order valence-electron chi connectivity index (χ1n) is 9.59. The maximum atomic E-state index is 11.5. The number of benzene rings is 2. The molecule has 4 N–H and O–H groups in total. The summed E-state index contributed by atoms with van der Waals surface area (Å²) in [5.41, 5.74) is 2.22. The van der Waals surface area contributed by atoms with Crippen LogP contribution in [0.5, 0.6) is 0 Å². The summed E-state index contributed by atoms with van der Waals surface area (Å²) in [6, 6.07) is 16.7. The highest BCUT2D eigenvalue weighted by molar-refractivity contribution is 7.89. The molecule has 6 nitrogen and oxygen atoms in total. The number of nitrogens with two attached hydrogens (primary N) is 1. The quantitative estimate of drug-likeness (QED) is 0.480. The van der Waals surface area contributed by atoms with E-state index in [0.717, 1.165) is 23.5 Å². The van der Waals surface area contributed by atoms with Gasteiger partial charge in [-0.3, -0.25) is 4.99 Å². The average Bonchev–Trinajstić information content (AvgIpc) is 3.25. The Morgan fingerprint density at radius 1 is 1.21 bits per heavy atom. The lowest BCUT2D eigenvalue weighted by Crippen LogP contribution is -2.32. The first kappa shape index (κ1) is 21.2. The van der Waals surface area contributed by atoms with Crippen molar-refractivity contribution in [3.63, 3.8) is 0 Å². The second-order valence-corrected chi connectivity index (χ2v) is 9.63. The van der Waals surface area contributed by atoms with Crippen LogP contribution in [0.15, 0.2) is 64.5 Å². The summed E-state index contributed by atoms with van der Waals surface area (Å²) >= 11 is 0. The molecule has 0 aliphatic heterocycles. The summed E-state index contributed by atoms with van der Waals surface area (Å²) < 4.78 is 23.0. The Hall–Kier alpha value is -2.51. The van der Waals surface area contributed by atoms with Crippen molar-refractivity contribution in [1.82, 2.24) is 5.32 Å². The van der Waals surface area contributed by atoms with Crippen molar-refractivity contribution < 1.29 is 8.42 Å². The predicted molar refractivity (Wildman–Crippen MR) is 117 cm³/mol. The Morgan fingerprint density at radius 2 is 1.83 bits per heavy atom. The fraction of sp³-hybridized carbons (Fsp3) is 0.364. The van der Waals surface area contributed by atoms with E-state index in [2.05, 4.69) is 24.2 Å². The van der Waals surface area contributed by atoms with E-state index in [9.17, 15) is 8.42 Å². The molecule has 0 bridgehead atoms. The van der Waals surface area contributed by atoms with Crippen LogP contribution in [0.2, 0.25) is 0 Å². The minimum absolute atomic E-state index is 0.0852. The van der Waals surface area contributed by atoms with Gasteiger partial charge in [-0.25, -0.2) is 13.6 Å². The fourth-order valence-electron chi connectivity index (χ4n) is 4.19. The Bertz CT molecular complexity index is 999. The lowest BCUT2D eigenvalue weighted by molar-refractivity contribution is 0.546. The molecule has 0 spiro atoms. The summed E-state index contributed by atoms with van der Waals surface area (Å²) in [5, 5.41) is 16.5. The van der Waals surface area contributed by atoms with E-state index >= 15 is 0 Å². The Morgan fingerprint density at radius 3 is 2.34 bits per heavy atom. The molecule has 0 heterocycles. The van der Waals surface area contributed by atoms with Crippen molar-refractivity contribution in [2.45, 2.75) is 30.6 Å². The van der Waals surface area contributed by atoms with Crippen molar-refractivity contribution >= 4 is 22.1 Å². The van der Waals surface area contributed by atoms with Gasteiger partial charge >= 0.3 is 0 Å². The molecule has 0 amide bonds. The Balaban J connectivity index is 1.71. The zero-order chi connectivity index (χ0) is 21.2. The summed E-state index contributed by atoms with van der Waals surface area (Å²) in [6.45, 7) is 5.16. The lowest BCUT2D eigenvalue weighted by atomic mass is 9.99. The number of nitrogens with one attached hydrogen (secondary N) is 2. The van der Waals surface area contributed by atoms with E-state index in [0.29, 0.717) is 11.8 Å². The maximum absolute atomic E-state index is 11.5. The standard InChI is InChI=1S/C22H28N4O2S/c1-22(2)19(20(22)16-9-11-17(12-10-16)29(24,27)28)14-26-21(25-3)18(13-23)15-7-5-4-6-8-15/h4-13,18-20,23H,14H2,1-3H3,(H,25,26)(H2,24,27,28). The molecule has 1 fully saturated rings. The second-order valence-electron chi connectivity index (χ2n) is 8.06. The first-order valence-corrected chi connectivity index (χ1v) is 11.1. The highest BCUT2D eigenvalue weighted by Crippen LogP contribution is 2.64. The lowest BCUT2D eigenvalue weighted by Gasteiger charge is -2.17. The molecule has 3 unspecified atom stereocenters. The molecule has 154 valence electrons. The fourth-order valence-corrected chi connectivity index (χ4v) is 4.70. The van der Waals surface area contributed by atoms with E-state index in [-0.39, 0.29) is 16.2 Å². The van der Waals surface area contributed by atoms with Gasteiger partial charge in [0.1, 0.15) is 5.84 Å². The summed E-state index contributed by atoms with van der Waals surface area (Å²) in [6.07, 6.45) is 1.41. The molecule has 3 rings (SSSR count). The summed E-state index contributed by atoms with van der Waals surface area (Å²) in [4.78, 5) is 4.52. The number of aliphatic imine (C=N–C) groups is 1. The van der Waals surface area contributed by atoms with Gasteiger partial charge < -0.3 is 10.7 Å². The smallest absolute Gasteiger partial charge is 0.238 e. The number of amidine groups is 1.